The van der Waals surface area contributed by atoms with Crippen LogP contribution in [0, 0.1) is 5.92 Å². The Hall–Kier alpha value is -2.41. The highest BCUT2D eigenvalue weighted by molar-refractivity contribution is 5.87. The Labute approximate surface area is 166 Å². The lowest BCUT2D eigenvalue weighted by atomic mass is 10.0. The van der Waals surface area contributed by atoms with E-state index in [1.807, 2.05) is 58.0 Å². The first kappa shape index (κ1) is 21.9. The molecule has 0 bridgehead atoms. The summed E-state index contributed by atoms with van der Waals surface area (Å²) in [4.78, 5) is 38.7. The van der Waals surface area contributed by atoms with E-state index < -0.39 is 12.0 Å². The van der Waals surface area contributed by atoms with Gasteiger partial charge in [-0.1, -0.05) is 44.2 Å². The molecule has 154 valence electrons. The maximum absolute atomic E-state index is 12.5. The zero-order valence-corrected chi connectivity index (χ0v) is 17.0. The van der Waals surface area contributed by atoms with Crippen molar-refractivity contribution in [2.24, 2.45) is 5.92 Å². The zero-order valence-electron chi connectivity index (χ0n) is 17.0. The SMILES string of the molecule is CC(C)[C@H](NC(=O)Cc1ccccc1)C(=O)OCC(=O)N1C[C@H](C)O[C@@H](C)C1. The molecule has 1 aliphatic rings. The average Bonchev–Trinajstić information content (AvgIpc) is 2.63. The maximum Gasteiger partial charge on any atom is 0.329 e. The number of rotatable bonds is 7. The second kappa shape index (κ2) is 10.2. The minimum Gasteiger partial charge on any atom is -0.454 e. The molecule has 7 heteroatoms. The van der Waals surface area contributed by atoms with Gasteiger partial charge >= 0.3 is 5.97 Å². The molecule has 28 heavy (non-hydrogen) atoms. The van der Waals surface area contributed by atoms with E-state index in [0.29, 0.717) is 13.1 Å². The topological polar surface area (TPSA) is 84.9 Å². The van der Waals surface area contributed by atoms with Crippen LogP contribution in [0.3, 0.4) is 0 Å². The van der Waals surface area contributed by atoms with Crippen LogP contribution in [0.2, 0.25) is 0 Å². The second-order valence-corrected chi connectivity index (χ2v) is 7.62. The number of carbonyl (C=O) groups is 3. The lowest BCUT2D eigenvalue weighted by molar-refractivity contribution is -0.159. The molecule has 1 aliphatic heterocycles. The summed E-state index contributed by atoms with van der Waals surface area (Å²) in [5.74, 6) is -1.28. The Morgan fingerprint density at radius 2 is 1.75 bits per heavy atom. The summed E-state index contributed by atoms with van der Waals surface area (Å²) in [6, 6.07) is 8.50. The van der Waals surface area contributed by atoms with Crippen molar-refractivity contribution in [3.05, 3.63) is 35.9 Å². The van der Waals surface area contributed by atoms with Crippen LogP contribution < -0.4 is 5.32 Å². The van der Waals surface area contributed by atoms with Gasteiger partial charge < -0.3 is 19.7 Å². The van der Waals surface area contributed by atoms with Gasteiger partial charge in [0.15, 0.2) is 6.61 Å². The smallest absolute Gasteiger partial charge is 0.329 e. The van der Waals surface area contributed by atoms with Crippen LogP contribution in [0.4, 0.5) is 0 Å². The van der Waals surface area contributed by atoms with Crippen molar-refractivity contribution < 1.29 is 23.9 Å². The van der Waals surface area contributed by atoms with E-state index in [1.165, 1.54) is 0 Å². The van der Waals surface area contributed by atoms with E-state index in [-0.39, 0.29) is 43.0 Å². The number of benzene rings is 1. The highest BCUT2D eigenvalue weighted by Crippen LogP contribution is 2.11. The first-order chi connectivity index (χ1) is 13.3. The molecule has 3 atom stereocenters. The van der Waals surface area contributed by atoms with Gasteiger partial charge in [0.1, 0.15) is 6.04 Å². The summed E-state index contributed by atoms with van der Waals surface area (Å²) in [5.41, 5.74) is 0.863. The summed E-state index contributed by atoms with van der Waals surface area (Å²) < 4.78 is 10.8. The number of amides is 2. The van der Waals surface area contributed by atoms with E-state index in [1.54, 1.807) is 4.90 Å². The summed E-state index contributed by atoms with van der Waals surface area (Å²) in [7, 11) is 0. The van der Waals surface area contributed by atoms with E-state index in [2.05, 4.69) is 5.32 Å². The molecular weight excluding hydrogens is 360 g/mol. The van der Waals surface area contributed by atoms with Crippen molar-refractivity contribution in [1.82, 2.24) is 10.2 Å². The van der Waals surface area contributed by atoms with Crippen molar-refractivity contribution in [3.8, 4) is 0 Å². The number of hydrogen-bond donors (Lipinski definition) is 1. The molecule has 1 heterocycles. The van der Waals surface area contributed by atoms with Crippen molar-refractivity contribution in [3.63, 3.8) is 0 Å². The largest absolute Gasteiger partial charge is 0.454 e. The third-order valence-electron chi connectivity index (χ3n) is 4.55. The van der Waals surface area contributed by atoms with Crippen molar-refractivity contribution in [1.29, 1.82) is 0 Å². The van der Waals surface area contributed by atoms with Gasteiger partial charge in [0.25, 0.3) is 5.91 Å². The van der Waals surface area contributed by atoms with Gasteiger partial charge in [0.05, 0.1) is 18.6 Å². The molecule has 7 nitrogen and oxygen atoms in total. The molecule has 1 fully saturated rings. The third kappa shape index (κ3) is 6.64. The average molecular weight is 390 g/mol. The molecule has 2 rings (SSSR count). The molecule has 1 N–H and O–H groups in total. The van der Waals surface area contributed by atoms with Crippen LogP contribution in [0.1, 0.15) is 33.3 Å². The van der Waals surface area contributed by atoms with Crippen molar-refractivity contribution in [2.45, 2.75) is 52.4 Å². The molecule has 1 saturated heterocycles. The molecule has 0 spiro atoms. The lowest BCUT2D eigenvalue weighted by Crippen LogP contribution is -2.50. The van der Waals surface area contributed by atoms with Crippen LogP contribution in [-0.4, -0.2) is 60.6 Å². The minimum absolute atomic E-state index is 0.0518. The number of morpholine rings is 1. The van der Waals surface area contributed by atoms with Gasteiger partial charge in [-0.25, -0.2) is 4.79 Å². The Morgan fingerprint density at radius 1 is 1.14 bits per heavy atom. The first-order valence-electron chi connectivity index (χ1n) is 9.69. The monoisotopic (exact) mass is 390 g/mol. The maximum atomic E-state index is 12.5. The molecular formula is C21H30N2O5. The van der Waals surface area contributed by atoms with E-state index in [0.717, 1.165) is 5.56 Å². The normalized spacial score (nSPS) is 20.5. The number of ether oxygens (including phenoxy) is 2. The number of nitrogens with zero attached hydrogens (tertiary/aromatic N) is 1. The fourth-order valence-electron chi connectivity index (χ4n) is 3.20. The summed E-state index contributed by atoms with van der Waals surface area (Å²) in [6.45, 7) is 8.06. The van der Waals surface area contributed by atoms with Crippen LogP contribution in [0.15, 0.2) is 30.3 Å². The van der Waals surface area contributed by atoms with Crippen molar-refractivity contribution >= 4 is 17.8 Å². The fraction of sp³-hybridized carbons (Fsp3) is 0.571. The van der Waals surface area contributed by atoms with Gasteiger partial charge in [0.2, 0.25) is 5.91 Å². The molecule has 0 radical (unpaired) electrons. The van der Waals surface area contributed by atoms with Crippen molar-refractivity contribution in [2.75, 3.05) is 19.7 Å². The third-order valence-corrected chi connectivity index (χ3v) is 4.55. The molecule has 0 saturated carbocycles. The molecule has 0 unspecified atom stereocenters. The predicted octanol–water partition coefficient (Wildman–Crippen LogP) is 1.55. The number of esters is 1. The Kier molecular flexibility index (Phi) is 7.99. The van der Waals surface area contributed by atoms with Gasteiger partial charge in [0, 0.05) is 13.1 Å². The Bertz CT molecular complexity index is 667. The van der Waals surface area contributed by atoms with Gasteiger partial charge in [-0.15, -0.1) is 0 Å². The van der Waals surface area contributed by atoms with E-state index in [9.17, 15) is 14.4 Å². The highest BCUT2D eigenvalue weighted by Gasteiger charge is 2.29. The van der Waals surface area contributed by atoms with Gasteiger partial charge in [-0.05, 0) is 25.3 Å². The van der Waals surface area contributed by atoms with Gasteiger partial charge in [-0.3, -0.25) is 9.59 Å². The zero-order chi connectivity index (χ0) is 20.7. The van der Waals surface area contributed by atoms with E-state index in [4.69, 9.17) is 9.47 Å². The van der Waals surface area contributed by atoms with Gasteiger partial charge in [-0.2, -0.15) is 0 Å². The molecule has 0 aliphatic carbocycles. The van der Waals surface area contributed by atoms with Crippen LogP contribution >= 0.6 is 0 Å². The first-order valence-corrected chi connectivity index (χ1v) is 9.69. The molecule has 1 aromatic rings. The summed E-state index contributed by atoms with van der Waals surface area (Å²) in [6.07, 6.45) is 0.0768. The highest BCUT2D eigenvalue weighted by atomic mass is 16.5. The Morgan fingerprint density at radius 3 is 2.32 bits per heavy atom. The summed E-state index contributed by atoms with van der Waals surface area (Å²) in [5, 5.41) is 2.72. The Balaban J connectivity index is 1.86. The molecule has 1 aromatic carbocycles. The minimum atomic E-state index is -0.799. The number of carbonyl (C=O) groups excluding carboxylic acids is 3. The molecule has 0 aromatic heterocycles. The van der Waals surface area contributed by atoms with Crippen LogP contribution in [0.5, 0.6) is 0 Å². The second-order valence-electron chi connectivity index (χ2n) is 7.62. The lowest BCUT2D eigenvalue weighted by Gasteiger charge is -2.35. The predicted molar refractivity (Wildman–Crippen MR) is 104 cm³/mol. The van der Waals surface area contributed by atoms with E-state index >= 15 is 0 Å². The summed E-state index contributed by atoms with van der Waals surface area (Å²) >= 11 is 0. The van der Waals surface area contributed by atoms with Crippen LogP contribution in [-0.2, 0) is 30.3 Å². The fourth-order valence-corrected chi connectivity index (χ4v) is 3.20. The standard InChI is InChI=1S/C21H30N2O5/c1-14(2)20(22-18(24)10-17-8-6-5-7-9-17)21(26)27-13-19(25)23-11-15(3)28-16(4)12-23/h5-9,14-16,20H,10-13H2,1-4H3,(H,22,24)/t15-,16-,20-/m0/s1. The quantitative estimate of drug-likeness (QED) is 0.714. The van der Waals surface area contributed by atoms with Crippen LogP contribution in [0.25, 0.3) is 0 Å². The number of hydrogen-bond acceptors (Lipinski definition) is 5. The molecule has 2 amide bonds. The number of nitrogens with one attached hydrogen (secondary N) is 1.